The summed E-state index contributed by atoms with van der Waals surface area (Å²) in [4.78, 5) is 4.32. The Balaban J connectivity index is 1.95. The van der Waals surface area contributed by atoms with Gasteiger partial charge in [-0.1, -0.05) is 12.1 Å². The van der Waals surface area contributed by atoms with Crippen LogP contribution in [0, 0.1) is 0 Å². The fourth-order valence-electron chi connectivity index (χ4n) is 2.36. The SMILES string of the molecule is COc1ccc(COCC2=NC=C(COC(C)C)C=C(C(F)F)C2)cc1. The molecule has 1 aromatic rings. The van der Waals surface area contributed by atoms with Gasteiger partial charge in [0.1, 0.15) is 5.75 Å². The molecule has 0 radical (unpaired) electrons. The molecule has 6 heteroatoms. The van der Waals surface area contributed by atoms with Crippen molar-refractivity contribution < 1.29 is 23.0 Å². The lowest BCUT2D eigenvalue weighted by Crippen LogP contribution is -2.12. The molecular formula is C20H25F2NO3. The van der Waals surface area contributed by atoms with E-state index in [2.05, 4.69) is 4.99 Å². The minimum absolute atomic E-state index is 0.0267. The number of hydrogen-bond acceptors (Lipinski definition) is 4. The number of halogens is 2. The van der Waals surface area contributed by atoms with E-state index in [0.717, 1.165) is 11.3 Å². The van der Waals surface area contributed by atoms with Crippen LogP contribution >= 0.6 is 0 Å². The molecule has 1 aromatic carbocycles. The van der Waals surface area contributed by atoms with Gasteiger partial charge in [0.15, 0.2) is 0 Å². The molecule has 0 spiro atoms. The molecule has 0 aliphatic carbocycles. The maximum atomic E-state index is 13.3. The number of rotatable bonds is 9. The number of hydrogen-bond donors (Lipinski definition) is 0. The summed E-state index contributed by atoms with van der Waals surface area (Å²) in [5.41, 5.74) is 2.22. The van der Waals surface area contributed by atoms with Gasteiger partial charge in [0.05, 0.1) is 33.0 Å². The maximum Gasteiger partial charge on any atom is 0.260 e. The Morgan fingerprint density at radius 3 is 2.42 bits per heavy atom. The quantitative estimate of drug-likeness (QED) is 0.644. The summed E-state index contributed by atoms with van der Waals surface area (Å²) in [5.74, 6) is 0.773. The summed E-state index contributed by atoms with van der Waals surface area (Å²) in [6, 6.07) is 7.51. The topological polar surface area (TPSA) is 40.0 Å². The second kappa shape index (κ2) is 10.2. The van der Waals surface area contributed by atoms with E-state index < -0.39 is 6.43 Å². The van der Waals surface area contributed by atoms with Crippen molar-refractivity contribution in [3.63, 3.8) is 0 Å². The lowest BCUT2D eigenvalue weighted by molar-refractivity contribution is 0.0985. The molecule has 0 atom stereocenters. The van der Waals surface area contributed by atoms with Gasteiger partial charge in [-0.05, 0) is 43.2 Å². The molecule has 0 bridgehead atoms. The number of aliphatic imine (C=N–C) groups is 1. The van der Waals surface area contributed by atoms with Crippen molar-refractivity contribution >= 4 is 5.71 Å². The third kappa shape index (κ3) is 6.69. The van der Waals surface area contributed by atoms with Gasteiger partial charge in [-0.15, -0.1) is 0 Å². The third-order valence-corrected chi connectivity index (χ3v) is 3.75. The highest BCUT2D eigenvalue weighted by atomic mass is 19.3. The predicted molar refractivity (Wildman–Crippen MR) is 98.0 cm³/mol. The first-order valence-corrected chi connectivity index (χ1v) is 8.53. The number of nitrogens with zero attached hydrogens (tertiary/aromatic N) is 1. The monoisotopic (exact) mass is 365 g/mol. The van der Waals surface area contributed by atoms with Gasteiger partial charge in [-0.25, -0.2) is 8.78 Å². The van der Waals surface area contributed by atoms with Crippen LogP contribution in [0.3, 0.4) is 0 Å². The molecule has 0 fully saturated rings. The molecule has 1 heterocycles. The lowest BCUT2D eigenvalue weighted by atomic mass is 10.1. The van der Waals surface area contributed by atoms with E-state index in [0.29, 0.717) is 17.9 Å². The minimum atomic E-state index is -2.53. The highest BCUT2D eigenvalue weighted by molar-refractivity contribution is 5.89. The van der Waals surface area contributed by atoms with Crippen molar-refractivity contribution in [1.29, 1.82) is 0 Å². The number of alkyl halides is 2. The highest BCUT2D eigenvalue weighted by Gasteiger charge is 2.17. The smallest absolute Gasteiger partial charge is 0.260 e. The van der Waals surface area contributed by atoms with Crippen LogP contribution in [0.5, 0.6) is 5.75 Å². The Bertz CT molecular complexity index is 664. The van der Waals surface area contributed by atoms with Gasteiger partial charge in [0.25, 0.3) is 6.43 Å². The van der Waals surface area contributed by atoms with E-state index in [1.54, 1.807) is 13.3 Å². The van der Waals surface area contributed by atoms with Crippen LogP contribution in [0.4, 0.5) is 8.78 Å². The van der Waals surface area contributed by atoms with Crippen LogP contribution in [0.1, 0.15) is 25.8 Å². The molecule has 0 aromatic heterocycles. The van der Waals surface area contributed by atoms with Gasteiger partial charge in [0, 0.05) is 23.9 Å². The summed E-state index contributed by atoms with van der Waals surface area (Å²) in [6.07, 6.45) is 0.667. The zero-order valence-electron chi connectivity index (χ0n) is 15.4. The normalized spacial score (nSPS) is 14.8. The van der Waals surface area contributed by atoms with Crippen molar-refractivity contribution in [2.24, 2.45) is 4.99 Å². The van der Waals surface area contributed by atoms with E-state index in [9.17, 15) is 8.78 Å². The van der Waals surface area contributed by atoms with Crippen LogP contribution in [-0.4, -0.2) is 38.6 Å². The van der Waals surface area contributed by atoms with Crippen molar-refractivity contribution in [3.8, 4) is 5.75 Å². The fourth-order valence-corrected chi connectivity index (χ4v) is 2.36. The average molecular weight is 365 g/mol. The summed E-state index contributed by atoms with van der Waals surface area (Å²) in [5, 5.41) is 0. The molecule has 0 saturated carbocycles. The molecule has 142 valence electrons. The Labute approximate surface area is 153 Å². The van der Waals surface area contributed by atoms with Crippen LogP contribution in [-0.2, 0) is 16.1 Å². The summed E-state index contributed by atoms with van der Waals surface area (Å²) < 4.78 is 42.8. The molecule has 0 unspecified atom stereocenters. The van der Waals surface area contributed by atoms with Crippen molar-refractivity contribution in [2.75, 3.05) is 20.3 Å². The van der Waals surface area contributed by atoms with Crippen LogP contribution in [0.25, 0.3) is 0 Å². The summed E-state index contributed by atoms with van der Waals surface area (Å²) >= 11 is 0. The zero-order chi connectivity index (χ0) is 18.9. The van der Waals surface area contributed by atoms with Gasteiger partial charge in [0.2, 0.25) is 0 Å². The third-order valence-electron chi connectivity index (χ3n) is 3.75. The van der Waals surface area contributed by atoms with Gasteiger partial charge < -0.3 is 14.2 Å². The van der Waals surface area contributed by atoms with Gasteiger partial charge in [-0.3, -0.25) is 4.99 Å². The Morgan fingerprint density at radius 2 is 1.81 bits per heavy atom. The van der Waals surface area contributed by atoms with Crippen LogP contribution < -0.4 is 4.74 Å². The highest BCUT2D eigenvalue weighted by Crippen LogP contribution is 2.20. The molecule has 1 aliphatic rings. The molecule has 4 nitrogen and oxygen atoms in total. The Kier molecular flexibility index (Phi) is 7.94. The average Bonchev–Trinajstić information content (AvgIpc) is 2.83. The van der Waals surface area contributed by atoms with Crippen molar-refractivity contribution in [1.82, 2.24) is 0 Å². The van der Waals surface area contributed by atoms with Crippen molar-refractivity contribution in [3.05, 3.63) is 53.3 Å². The predicted octanol–water partition coefficient (Wildman–Crippen LogP) is 4.56. The Hall–Kier alpha value is -2.05. The summed E-state index contributed by atoms with van der Waals surface area (Å²) in [6.45, 7) is 4.64. The molecule has 0 amide bonds. The van der Waals surface area contributed by atoms with Crippen molar-refractivity contribution in [2.45, 2.75) is 39.4 Å². The molecule has 0 N–H and O–H groups in total. The molecule has 1 aliphatic heterocycles. The van der Waals surface area contributed by atoms with E-state index >= 15 is 0 Å². The van der Waals surface area contributed by atoms with Gasteiger partial charge >= 0.3 is 0 Å². The van der Waals surface area contributed by atoms with Crippen LogP contribution in [0.2, 0.25) is 0 Å². The lowest BCUT2D eigenvalue weighted by Gasteiger charge is -2.10. The first kappa shape index (κ1) is 20.3. The van der Waals surface area contributed by atoms with E-state index in [1.807, 2.05) is 38.1 Å². The van der Waals surface area contributed by atoms with E-state index in [1.165, 1.54) is 6.08 Å². The molecular weight excluding hydrogens is 340 g/mol. The number of methoxy groups -OCH3 is 1. The molecule has 0 saturated heterocycles. The summed E-state index contributed by atoms with van der Waals surface area (Å²) in [7, 11) is 1.61. The number of ether oxygens (including phenoxy) is 3. The second-order valence-electron chi connectivity index (χ2n) is 6.30. The first-order chi connectivity index (χ1) is 12.5. The fraction of sp³-hybridized carbons (Fsp3) is 0.450. The van der Waals surface area contributed by atoms with E-state index in [4.69, 9.17) is 14.2 Å². The first-order valence-electron chi connectivity index (χ1n) is 8.53. The largest absolute Gasteiger partial charge is 0.497 e. The standard InChI is InChI=1S/C20H25F2NO3/c1-14(2)26-12-16-8-17(20(21)22)9-18(23-10-16)13-25-11-15-4-6-19(24-3)7-5-15/h4-8,10,14,20H,9,11-13H2,1-3H3. The Morgan fingerprint density at radius 1 is 1.08 bits per heavy atom. The maximum absolute atomic E-state index is 13.3. The second-order valence-corrected chi connectivity index (χ2v) is 6.30. The molecule has 26 heavy (non-hydrogen) atoms. The number of benzene rings is 1. The zero-order valence-corrected chi connectivity index (χ0v) is 15.4. The number of allylic oxidation sites excluding steroid dienone is 1. The van der Waals surface area contributed by atoms with Gasteiger partial charge in [-0.2, -0.15) is 0 Å². The minimum Gasteiger partial charge on any atom is -0.497 e. The molecule has 2 rings (SSSR count). The van der Waals surface area contributed by atoms with E-state index in [-0.39, 0.29) is 31.3 Å². The van der Waals surface area contributed by atoms with Crippen LogP contribution in [0.15, 0.2) is 52.7 Å².